The van der Waals surface area contributed by atoms with Gasteiger partial charge in [0.1, 0.15) is 0 Å². The Hall–Kier alpha value is -0.820. The third-order valence-electron chi connectivity index (χ3n) is 2.75. The Morgan fingerprint density at radius 1 is 1.07 bits per heavy atom. The molecule has 0 bridgehead atoms. The summed E-state index contributed by atoms with van der Waals surface area (Å²) < 4.78 is 0. The maximum absolute atomic E-state index is 9.15. The monoisotopic (exact) mass is 206 g/mol. The fraction of sp³-hybridized carbons (Fsp3) is 0.571. The van der Waals surface area contributed by atoms with E-state index in [4.69, 9.17) is 5.11 Å². The van der Waals surface area contributed by atoms with Crippen molar-refractivity contribution in [2.24, 2.45) is 5.92 Å². The first-order chi connectivity index (χ1) is 7.18. The van der Waals surface area contributed by atoms with Gasteiger partial charge in [-0.3, -0.25) is 0 Å². The van der Waals surface area contributed by atoms with E-state index in [1.807, 2.05) is 6.92 Å². The normalized spacial score (nSPS) is 14.9. The maximum Gasteiger partial charge on any atom is 0.0512 e. The molecule has 15 heavy (non-hydrogen) atoms. The molecule has 1 aromatic carbocycles. The molecule has 1 N–H and O–H groups in total. The molecule has 0 aliphatic carbocycles. The molecule has 0 aromatic heterocycles. The Labute approximate surface area is 93.1 Å². The second-order valence-corrected chi connectivity index (χ2v) is 4.57. The largest absolute Gasteiger partial charge is 0.393 e. The molecule has 1 rings (SSSR count). The molecule has 0 saturated heterocycles. The van der Waals surface area contributed by atoms with Crippen LogP contribution in [0.4, 0.5) is 0 Å². The third kappa shape index (κ3) is 5.58. The summed E-state index contributed by atoms with van der Waals surface area (Å²) in [7, 11) is 0. The Morgan fingerprint density at radius 3 is 2.33 bits per heavy atom. The number of aliphatic hydroxyl groups is 1. The third-order valence-corrected chi connectivity index (χ3v) is 2.75. The fourth-order valence-electron chi connectivity index (χ4n) is 1.88. The van der Waals surface area contributed by atoms with Crippen LogP contribution in [0.2, 0.25) is 0 Å². The van der Waals surface area contributed by atoms with Gasteiger partial charge in [0, 0.05) is 0 Å². The molecule has 2 atom stereocenters. The molecule has 1 unspecified atom stereocenters. The van der Waals surface area contributed by atoms with Gasteiger partial charge in [0.05, 0.1) is 6.10 Å². The summed E-state index contributed by atoms with van der Waals surface area (Å²) in [6.07, 6.45) is 4.28. The zero-order valence-corrected chi connectivity index (χ0v) is 9.82. The van der Waals surface area contributed by atoms with Crippen LogP contribution in [0.25, 0.3) is 0 Å². The quantitative estimate of drug-likeness (QED) is 0.756. The smallest absolute Gasteiger partial charge is 0.0512 e. The molecule has 0 radical (unpaired) electrons. The predicted molar refractivity (Wildman–Crippen MR) is 64.8 cm³/mol. The van der Waals surface area contributed by atoms with Crippen LogP contribution in [-0.2, 0) is 6.42 Å². The summed E-state index contributed by atoms with van der Waals surface area (Å²) >= 11 is 0. The van der Waals surface area contributed by atoms with E-state index in [0.717, 1.165) is 19.3 Å². The first-order valence-electron chi connectivity index (χ1n) is 5.90. The summed E-state index contributed by atoms with van der Waals surface area (Å²) in [5.74, 6) is 0.714. The van der Waals surface area contributed by atoms with Crippen molar-refractivity contribution in [3.63, 3.8) is 0 Å². The summed E-state index contributed by atoms with van der Waals surface area (Å²) in [5.41, 5.74) is 1.42. The van der Waals surface area contributed by atoms with Crippen LogP contribution in [0.5, 0.6) is 0 Å². The van der Waals surface area contributed by atoms with Gasteiger partial charge in [-0.15, -0.1) is 0 Å². The Morgan fingerprint density at radius 2 is 1.73 bits per heavy atom. The fourth-order valence-corrected chi connectivity index (χ4v) is 1.88. The molecule has 1 aromatic rings. The highest BCUT2D eigenvalue weighted by Crippen LogP contribution is 2.15. The van der Waals surface area contributed by atoms with E-state index in [-0.39, 0.29) is 6.10 Å². The lowest BCUT2D eigenvalue weighted by Crippen LogP contribution is -2.03. The zero-order chi connectivity index (χ0) is 11.1. The van der Waals surface area contributed by atoms with Gasteiger partial charge in [0.15, 0.2) is 0 Å². The van der Waals surface area contributed by atoms with Crippen molar-refractivity contribution in [1.29, 1.82) is 0 Å². The number of benzene rings is 1. The lowest BCUT2D eigenvalue weighted by atomic mass is 9.95. The number of aliphatic hydroxyl groups excluding tert-OH is 1. The van der Waals surface area contributed by atoms with E-state index in [2.05, 4.69) is 37.3 Å². The standard InChI is InChI=1S/C14H22O/c1-12(7-6-8-13(2)15)11-14-9-4-3-5-10-14/h3-5,9-10,12-13,15H,6-8,11H2,1-2H3/t12-,13?/m1/s1. The lowest BCUT2D eigenvalue weighted by molar-refractivity contribution is 0.178. The number of hydrogen-bond donors (Lipinski definition) is 1. The highest BCUT2D eigenvalue weighted by Gasteiger charge is 2.04. The first kappa shape index (κ1) is 12.3. The second-order valence-electron chi connectivity index (χ2n) is 4.57. The Kier molecular flexibility index (Phi) is 5.41. The van der Waals surface area contributed by atoms with Crippen molar-refractivity contribution in [1.82, 2.24) is 0 Å². The van der Waals surface area contributed by atoms with Crippen molar-refractivity contribution in [3.8, 4) is 0 Å². The van der Waals surface area contributed by atoms with E-state index >= 15 is 0 Å². The number of hydrogen-bond acceptors (Lipinski definition) is 1. The van der Waals surface area contributed by atoms with Gasteiger partial charge in [0.2, 0.25) is 0 Å². The van der Waals surface area contributed by atoms with Gasteiger partial charge in [0.25, 0.3) is 0 Å². The van der Waals surface area contributed by atoms with Crippen molar-refractivity contribution in [3.05, 3.63) is 35.9 Å². The molecule has 0 fully saturated rings. The minimum atomic E-state index is -0.145. The van der Waals surface area contributed by atoms with Gasteiger partial charge < -0.3 is 5.11 Å². The van der Waals surface area contributed by atoms with Crippen molar-refractivity contribution < 1.29 is 5.11 Å². The van der Waals surface area contributed by atoms with Crippen LogP contribution in [0.1, 0.15) is 38.7 Å². The van der Waals surface area contributed by atoms with Gasteiger partial charge in [-0.05, 0) is 31.2 Å². The number of rotatable bonds is 6. The van der Waals surface area contributed by atoms with Gasteiger partial charge in [-0.1, -0.05) is 50.1 Å². The van der Waals surface area contributed by atoms with E-state index in [1.165, 1.54) is 12.0 Å². The SMILES string of the molecule is CC(O)CCC[C@@H](C)Cc1ccccc1. The van der Waals surface area contributed by atoms with Gasteiger partial charge >= 0.3 is 0 Å². The van der Waals surface area contributed by atoms with E-state index in [9.17, 15) is 0 Å². The van der Waals surface area contributed by atoms with Crippen molar-refractivity contribution in [2.45, 2.75) is 45.6 Å². The van der Waals surface area contributed by atoms with Crippen LogP contribution >= 0.6 is 0 Å². The summed E-state index contributed by atoms with van der Waals surface area (Å²) in [6.45, 7) is 4.15. The molecular weight excluding hydrogens is 184 g/mol. The first-order valence-corrected chi connectivity index (χ1v) is 5.90. The topological polar surface area (TPSA) is 20.2 Å². The van der Waals surface area contributed by atoms with Crippen LogP contribution in [0, 0.1) is 5.92 Å². The Bertz CT molecular complexity index is 253. The summed E-state index contributed by atoms with van der Waals surface area (Å²) in [6, 6.07) is 10.6. The molecule has 1 nitrogen and oxygen atoms in total. The van der Waals surface area contributed by atoms with Crippen molar-refractivity contribution >= 4 is 0 Å². The summed E-state index contributed by atoms with van der Waals surface area (Å²) in [5, 5.41) is 9.15. The van der Waals surface area contributed by atoms with E-state index in [1.54, 1.807) is 0 Å². The van der Waals surface area contributed by atoms with Crippen LogP contribution in [-0.4, -0.2) is 11.2 Å². The zero-order valence-electron chi connectivity index (χ0n) is 9.82. The molecule has 0 aliphatic heterocycles. The summed E-state index contributed by atoms with van der Waals surface area (Å²) in [4.78, 5) is 0. The second kappa shape index (κ2) is 6.62. The minimum Gasteiger partial charge on any atom is -0.393 e. The van der Waals surface area contributed by atoms with Crippen LogP contribution in [0.3, 0.4) is 0 Å². The highest BCUT2D eigenvalue weighted by atomic mass is 16.3. The molecule has 0 heterocycles. The Balaban J connectivity index is 2.21. The molecule has 0 spiro atoms. The van der Waals surface area contributed by atoms with Gasteiger partial charge in [-0.2, -0.15) is 0 Å². The van der Waals surface area contributed by atoms with Crippen LogP contribution in [0.15, 0.2) is 30.3 Å². The van der Waals surface area contributed by atoms with Crippen LogP contribution < -0.4 is 0 Å². The molecule has 0 aliphatic rings. The minimum absolute atomic E-state index is 0.145. The molecule has 0 amide bonds. The average molecular weight is 206 g/mol. The highest BCUT2D eigenvalue weighted by molar-refractivity contribution is 5.14. The van der Waals surface area contributed by atoms with E-state index < -0.39 is 0 Å². The molecule has 84 valence electrons. The average Bonchev–Trinajstić information content (AvgIpc) is 2.18. The van der Waals surface area contributed by atoms with Crippen molar-refractivity contribution in [2.75, 3.05) is 0 Å². The molecule has 0 saturated carbocycles. The maximum atomic E-state index is 9.15. The lowest BCUT2D eigenvalue weighted by Gasteiger charge is -2.11. The predicted octanol–water partition coefficient (Wildman–Crippen LogP) is 3.42. The van der Waals surface area contributed by atoms with E-state index in [0.29, 0.717) is 5.92 Å². The molecular formula is C14H22O. The molecule has 1 heteroatoms. The van der Waals surface area contributed by atoms with Gasteiger partial charge in [-0.25, -0.2) is 0 Å².